The first-order valence-corrected chi connectivity index (χ1v) is 7.87. The average Bonchev–Trinajstić information content (AvgIpc) is 2.60. The highest BCUT2D eigenvalue weighted by molar-refractivity contribution is 6.35. The second kappa shape index (κ2) is 8.58. The number of nitrogens with one attached hydrogen (secondary N) is 2. The van der Waals surface area contributed by atoms with E-state index in [2.05, 4.69) is 10.9 Å². The number of halogens is 2. The van der Waals surface area contributed by atoms with Gasteiger partial charge in [0.05, 0.1) is 26.0 Å². The molecule has 0 aliphatic heterocycles. The van der Waals surface area contributed by atoms with Crippen LogP contribution in [0.5, 0.6) is 11.5 Å². The Morgan fingerprint density at radius 2 is 1.72 bits per heavy atom. The van der Waals surface area contributed by atoms with E-state index in [0.29, 0.717) is 32.8 Å². The number of carbonyl (C=O) groups is 1. The lowest BCUT2D eigenvalue weighted by molar-refractivity contribution is 0.0969. The number of rotatable bonds is 7. The molecule has 0 heterocycles. The molecule has 2 rings (SSSR count). The Balaban J connectivity index is 2.14. The number of methoxy groups -OCH3 is 2. The molecule has 2 aromatic rings. The van der Waals surface area contributed by atoms with E-state index in [4.69, 9.17) is 32.7 Å². The van der Waals surface area contributed by atoms with Crippen molar-refractivity contribution in [2.75, 3.05) is 19.6 Å². The van der Waals surface area contributed by atoms with Crippen LogP contribution in [0.15, 0.2) is 36.4 Å². The average molecular weight is 380 g/mol. The minimum absolute atomic E-state index is 0.308. The largest absolute Gasteiger partial charge is 0.493 e. The number of ether oxygens (including phenoxy) is 2. The van der Waals surface area contributed by atoms with Gasteiger partial charge in [-0.1, -0.05) is 23.2 Å². The highest BCUT2D eigenvalue weighted by Crippen LogP contribution is 2.28. The van der Waals surface area contributed by atoms with E-state index in [1.54, 1.807) is 30.3 Å². The van der Waals surface area contributed by atoms with E-state index in [0.717, 1.165) is 0 Å². The molecule has 2 aromatic carbocycles. The second-order valence-electron chi connectivity index (χ2n) is 4.92. The minimum Gasteiger partial charge on any atom is -0.493 e. The van der Waals surface area contributed by atoms with Crippen molar-refractivity contribution < 1.29 is 14.3 Å². The van der Waals surface area contributed by atoms with Gasteiger partial charge in [0.1, 0.15) is 0 Å². The molecule has 130 valence electrons. The third-order valence-corrected chi connectivity index (χ3v) is 3.72. The van der Waals surface area contributed by atoms with Crippen LogP contribution < -0.4 is 20.3 Å². The number of Topliss-reactive ketones (excluding diaryl/α,β-unsaturated/α-hetero) is 1. The first kappa shape index (κ1) is 18.9. The molecule has 0 spiro atoms. The predicted octanol–water partition coefficient (Wildman–Crippen LogP) is 3.70. The van der Waals surface area contributed by atoms with Crippen molar-refractivity contribution >= 4 is 34.7 Å². The van der Waals surface area contributed by atoms with Gasteiger partial charge in [-0.05, 0) is 36.4 Å². The number of ketones is 1. The number of hydrazine groups is 1. The minimum atomic E-state index is -1.13. The molecule has 6 nitrogen and oxygen atoms in total. The van der Waals surface area contributed by atoms with Crippen LogP contribution in [0.4, 0.5) is 5.69 Å². The zero-order valence-electron chi connectivity index (χ0n) is 13.5. The molecule has 0 radical (unpaired) electrons. The van der Waals surface area contributed by atoms with E-state index < -0.39 is 11.8 Å². The summed E-state index contributed by atoms with van der Waals surface area (Å²) in [5, 5.41) is 10.1. The highest BCUT2D eigenvalue weighted by atomic mass is 35.5. The summed E-state index contributed by atoms with van der Waals surface area (Å²) < 4.78 is 10.3. The smallest absolute Gasteiger partial charge is 0.196 e. The monoisotopic (exact) mass is 379 g/mol. The Morgan fingerprint density at radius 1 is 1.08 bits per heavy atom. The van der Waals surface area contributed by atoms with Crippen molar-refractivity contribution in [3.63, 3.8) is 0 Å². The Bertz CT molecular complexity index is 801. The van der Waals surface area contributed by atoms with Crippen molar-refractivity contribution in [2.24, 2.45) is 0 Å². The van der Waals surface area contributed by atoms with Gasteiger partial charge in [0, 0.05) is 15.6 Å². The summed E-state index contributed by atoms with van der Waals surface area (Å²) in [4.78, 5) is 12.5. The normalized spacial score (nSPS) is 11.3. The van der Waals surface area contributed by atoms with Crippen LogP contribution >= 0.6 is 23.2 Å². The van der Waals surface area contributed by atoms with Crippen molar-refractivity contribution in [3.8, 4) is 17.6 Å². The Labute approximate surface area is 155 Å². The molecule has 0 saturated carbocycles. The number of anilines is 1. The van der Waals surface area contributed by atoms with Gasteiger partial charge in [0.15, 0.2) is 23.3 Å². The van der Waals surface area contributed by atoms with Gasteiger partial charge in [-0.15, -0.1) is 0 Å². The number of carbonyl (C=O) groups excluding carboxylic acids is 1. The summed E-state index contributed by atoms with van der Waals surface area (Å²) in [5.41, 5.74) is 6.25. The van der Waals surface area contributed by atoms with Gasteiger partial charge >= 0.3 is 0 Å². The zero-order valence-corrected chi connectivity index (χ0v) is 15.0. The number of hydrogen-bond acceptors (Lipinski definition) is 6. The topological polar surface area (TPSA) is 83.4 Å². The molecule has 1 atom stereocenters. The maximum absolute atomic E-state index is 12.5. The van der Waals surface area contributed by atoms with Gasteiger partial charge in [-0.25, -0.2) is 5.43 Å². The van der Waals surface area contributed by atoms with Crippen LogP contribution in [0.25, 0.3) is 0 Å². The van der Waals surface area contributed by atoms with Crippen molar-refractivity contribution in [1.29, 1.82) is 5.26 Å². The van der Waals surface area contributed by atoms with Crippen LogP contribution in [-0.4, -0.2) is 26.0 Å². The van der Waals surface area contributed by atoms with Crippen LogP contribution in [0.1, 0.15) is 10.4 Å². The maximum Gasteiger partial charge on any atom is 0.196 e. The van der Waals surface area contributed by atoms with Crippen LogP contribution in [0, 0.1) is 11.3 Å². The summed E-state index contributed by atoms with van der Waals surface area (Å²) in [5.74, 6) is 0.468. The molecule has 0 fully saturated rings. The van der Waals surface area contributed by atoms with Gasteiger partial charge in [0.25, 0.3) is 0 Å². The quantitative estimate of drug-likeness (QED) is 0.563. The molecule has 25 heavy (non-hydrogen) atoms. The second-order valence-corrected chi connectivity index (χ2v) is 5.80. The molecule has 0 aliphatic rings. The van der Waals surface area contributed by atoms with E-state index in [1.807, 2.05) is 6.07 Å². The van der Waals surface area contributed by atoms with Gasteiger partial charge < -0.3 is 14.9 Å². The first-order chi connectivity index (χ1) is 12.0. The molecule has 0 saturated heterocycles. The standard InChI is InChI=1S/C17H15Cl2N3O3/c1-24-15-4-3-10(5-16(15)25-2)17(23)14(9-20)22-21-13-7-11(18)6-12(19)8-13/h3-8,14,21-22H,1-2H3. The zero-order chi connectivity index (χ0) is 18.4. The Kier molecular flexibility index (Phi) is 6.48. The molecule has 1 unspecified atom stereocenters. The van der Waals surface area contributed by atoms with Gasteiger partial charge in [-0.2, -0.15) is 5.26 Å². The summed E-state index contributed by atoms with van der Waals surface area (Å²) in [7, 11) is 2.97. The lowest BCUT2D eigenvalue weighted by atomic mass is 10.0. The lowest BCUT2D eigenvalue weighted by Gasteiger charge is -2.14. The van der Waals surface area contributed by atoms with Crippen LogP contribution in [0.2, 0.25) is 10.0 Å². The summed E-state index contributed by atoms with van der Waals surface area (Å²) in [6.07, 6.45) is 0. The van der Waals surface area contributed by atoms with E-state index in [-0.39, 0.29) is 0 Å². The number of benzene rings is 2. The summed E-state index contributed by atoms with van der Waals surface area (Å²) >= 11 is 11.8. The SMILES string of the molecule is COc1ccc(C(=O)C(C#N)NNc2cc(Cl)cc(Cl)c2)cc1OC. The Hall–Kier alpha value is -2.46. The van der Waals surface area contributed by atoms with Crippen molar-refractivity contribution in [1.82, 2.24) is 5.43 Å². The van der Waals surface area contributed by atoms with E-state index >= 15 is 0 Å². The molecular formula is C17H15Cl2N3O3. The molecular weight excluding hydrogens is 365 g/mol. The van der Waals surface area contributed by atoms with E-state index in [9.17, 15) is 10.1 Å². The lowest BCUT2D eigenvalue weighted by Crippen LogP contribution is -2.39. The fourth-order valence-electron chi connectivity index (χ4n) is 2.09. The predicted molar refractivity (Wildman–Crippen MR) is 96.5 cm³/mol. The first-order valence-electron chi connectivity index (χ1n) is 7.12. The third-order valence-electron chi connectivity index (χ3n) is 3.28. The number of nitriles is 1. The van der Waals surface area contributed by atoms with Gasteiger partial charge in [0.2, 0.25) is 0 Å². The van der Waals surface area contributed by atoms with Gasteiger partial charge in [-0.3, -0.25) is 4.79 Å². The molecule has 0 amide bonds. The van der Waals surface area contributed by atoms with Crippen molar-refractivity contribution in [2.45, 2.75) is 6.04 Å². The van der Waals surface area contributed by atoms with Crippen LogP contribution in [-0.2, 0) is 0 Å². The number of hydrogen-bond donors (Lipinski definition) is 2. The highest BCUT2D eigenvalue weighted by Gasteiger charge is 2.21. The molecule has 0 aliphatic carbocycles. The fraction of sp³-hybridized carbons (Fsp3) is 0.176. The third kappa shape index (κ3) is 4.77. The molecule has 8 heteroatoms. The fourth-order valence-corrected chi connectivity index (χ4v) is 2.62. The summed E-state index contributed by atoms with van der Waals surface area (Å²) in [6, 6.07) is 10.2. The number of nitrogens with zero attached hydrogens (tertiary/aromatic N) is 1. The van der Waals surface area contributed by atoms with Crippen LogP contribution in [0.3, 0.4) is 0 Å². The molecule has 2 N–H and O–H groups in total. The van der Waals surface area contributed by atoms with E-state index in [1.165, 1.54) is 20.3 Å². The molecule has 0 aromatic heterocycles. The Morgan fingerprint density at radius 3 is 2.28 bits per heavy atom. The molecule has 0 bridgehead atoms. The maximum atomic E-state index is 12.5. The van der Waals surface area contributed by atoms with Crippen molar-refractivity contribution in [3.05, 3.63) is 52.0 Å². The summed E-state index contributed by atoms with van der Waals surface area (Å²) in [6.45, 7) is 0.